The van der Waals surface area contributed by atoms with E-state index in [1.165, 1.54) is 7.40 Å². The zero-order valence-electron chi connectivity index (χ0n) is 5.38. The fourth-order valence-electron chi connectivity index (χ4n) is 0. The van der Waals surface area contributed by atoms with Crippen molar-refractivity contribution in [2.75, 3.05) is 7.18 Å². The second-order valence-electron chi connectivity index (χ2n) is 0. The molecule has 36 valence electrons. The molecular formula is C4H13F. The van der Waals surface area contributed by atoms with Crippen LogP contribution in [0.2, 0.25) is 0 Å². The van der Waals surface area contributed by atoms with Crippen LogP contribution in [0.3, 0.4) is 0 Å². The highest BCUT2D eigenvalue weighted by Crippen LogP contribution is 1.16. The molecule has 0 spiro atoms. The Kier molecular flexibility index (Phi) is 12200. The molecule has 0 amide bonds. The van der Waals surface area contributed by atoms with Gasteiger partial charge in [-0.15, -0.1) is 0 Å². The van der Waals surface area contributed by atoms with Gasteiger partial charge in [0.15, 0.2) is 0 Å². The van der Waals surface area contributed by atoms with Crippen molar-refractivity contribution in [2.24, 2.45) is 0 Å². The molecular weight excluding hydrogens is 67.0 g/mol. The summed E-state index contributed by atoms with van der Waals surface area (Å²) in [5.74, 6) is 0. The van der Waals surface area contributed by atoms with Gasteiger partial charge in [0.1, 0.15) is 0 Å². The molecule has 0 aliphatic rings. The lowest BCUT2D eigenvalue weighted by molar-refractivity contribution is 0.636. The Morgan fingerprint density at radius 1 is 1.40 bits per heavy atom. The van der Waals surface area contributed by atoms with Crippen LogP contribution in [0.4, 0.5) is 4.39 Å². The predicted octanol–water partition coefficient (Wildman–Crippen LogP) is 2.25. The second kappa shape index (κ2) is 6890. The quantitative estimate of drug-likeness (QED) is 0.419. The van der Waals surface area contributed by atoms with E-state index < -0.39 is 0 Å². The Hall–Kier alpha value is -0.0700. The monoisotopic (exact) mass is 81.1 g/mol. The molecule has 0 aliphatic heterocycles. The van der Waals surface area contributed by atoms with Crippen LogP contribution in [0.15, 0.2) is 0 Å². The zero-order chi connectivity index (χ0) is 6.00. The number of rotatable bonds is 0. The van der Waals surface area contributed by atoms with Gasteiger partial charge in [0.05, 0.1) is 7.18 Å². The molecule has 0 nitrogen and oxygen atoms in total. The van der Waals surface area contributed by atoms with E-state index in [2.05, 4.69) is 0 Å². The summed E-state index contributed by atoms with van der Waals surface area (Å²) in [6, 6.07) is 0. The summed E-state index contributed by atoms with van der Waals surface area (Å²) < 4.78 is 15.2. The van der Waals surface area contributed by atoms with Crippen molar-refractivity contribution in [3.8, 4) is 0 Å². The lowest BCUT2D eigenvalue weighted by Gasteiger charge is -1.10. The maximum absolute atomic E-state index is 9.50. The molecule has 0 aromatic rings. The molecule has 0 aliphatic carbocycles. The lowest BCUT2D eigenvalue weighted by Crippen LogP contribution is -0.939. The Morgan fingerprint density at radius 2 is 1.40 bits per heavy atom. The topological polar surface area (TPSA) is 0 Å². The Balaban J connectivity index is -0.0000000225. The number of halogens is 1. The fourth-order valence-corrected chi connectivity index (χ4v) is 0. The molecule has 0 radical (unpaired) electrons. The van der Waals surface area contributed by atoms with E-state index in [1.54, 1.807) is 0 Å². The van der Waals surface area contributed by atoms with Gasteiger partial charge in [-0.3, -0.25) is 4.39 Å². The van der Waals surface area contributed by atoms with Crippen LogP contribution < -0.4 is 0 Å². The van der Waals surface area contributed by atoms with Gasteiger partial charge < -0.3 is 0 Å². The summed E-state index contributed by atoms with van der Waals surface area (Å²) in [6.07, 6.45) is 0. The first-order valence-electron chi connectivity index (χ1n) is 2.38. The summed E-state index contributed by atoms with van der Waals surface area (Å²) in [5.41, 5.74) is 0. The Labute approximate surface area is 35.4 Å². The minimum atomic E-state index is 0.500. The highest BCUT2D eigenvalue weighted by Gasteiger charge is 0.932. The van der Waals surface area contributed by atoms with E-state index in [0.29, 0.717) is 7.18 Å². The molecule has 0 N–H and O–H groups in total. The van der Waals surface area contributed by atoms with Crippen LogP contribution in [0.25, 0.3) is 0 Å². The molecule has 1 heteroatoms. The van der Waals surface area contributed by atoms with Crippen LogP contribution in [-0.4, -0.2) is 7.18 Å². The van der Waals surface area contributed by atoms with Gasteiger partial charge >= 0.3 is 0 Å². The third kappa shape index (κ3) is 2990. The van der Waals surface area contributed by atoms with Crippen LogP contribution in [-0.2, 0) is 0 Å². The van der Waals surface area contributed by atoms with Gasteiger partial charge in [-0.2, -0.15) is 0 Å². The second-order valence-corrected chi connectivity index (χ2v) is 0. The minimum absolute atomic E-state index is 0.500. The number of hydrogen-bond donors (Lipinski definition) is 0. The number of alkyl halides is 1. The predicted molar refractivity (Wildman–Crippen MR) is 25.1 cm³/mol. The average molecular weight is 81.2 g/mol. The summed E-state index contributed by atoms with van der Waals surface area (Å²) >= 11 is 0. The van der Waals surface area contributed by atoms with Gasteiger partial charge in [-0.25, -0.2) is 0 Å². The summed E-state index contributed by atoms with van der Waals surface area (Å²) in [4.78, 5) is 0. The van der Waals surface area contributed by atoms with Gasteiger partial charge in [0.25, 0.3) is 0 Å². The van der Waals surface area contributed by atoms with E-state index in [-0.39, 0.29) is 0 Å². The Bertz CT molecular complexity index is 7.51. The van der Waals surface area contributed by atoms with Crippen LogP contribution in [0.5, 0.6) is 0 Å². The van der Waals surface area contributed by atoms with Crippen molar-refractivity contribution in [2.45, 2.75) is 21.3 Å². The first-order chi connectivity index (χ1) is 3.00. The maximum atomic E-state index is 9.50. The molecule has 0 atom stereocenters. The van der Waals surface area contributed by atoms with Crippen LogP contribution in [0, 0.1) is 0 Å². The summed E-state index contributed by atoms with van der Waals surface area (Å²) in [5, 5.41) is 0. The van der Waals surface area contributed by atoms with E-state index in [0.717, 1.165) is 0 Å². The average Bonchev–Trinajstić information content (AvgIpc) is 1.81. The summed E-state index contributed by atoms with van der Waals surface area (Å²) in [7, 11) is 1.75. The third-order valence-electron chi connectivity index (χ3n) is 0. The van der Waals surface area contributed by atoms with Gasteiger partial charge in [0, 0.05) is 1.37 Å². The van der Waals surface area contributed by atoms with E-state index in [1.807, 2.05) is 13.8 Å². The van der Waals surface area contributed by atoms with Gasteiger partial charge in [-0.05, 0) is 0 Å². The van der Waals surface area contributed by atoms with E-state index in [4.69, 9.17) is 1.37 Å². The first kappa shape index (κ1) is 8.87. The number of hydrogen-bond acceptors (Lipinski definition) is 0. The Morgan fingerprint density at radius 3 is 1.40 bits per heavy atom. The molecule has 0 aromatic heterocycles. The van der Waals surface area contributed by atoms with Crippen molar-refractivity contribution in [3.63, 3.8) is 0 Å². The standard InChI is InChI=1S/C2H6.CH3F.CH4/c2*1-2;/h1-2H3;1H3;1H4/i;;1D. The fraction of sp³-hybridized carbons (Fsp3) is 1.00. The van der Waals surface area contributed by atoms with Crippen LogP contribution >= 0.6 is 0 Å². The van der Waals surface area contributed by atoms with E-state index in [9.17, 15) is 4.39 Å². The van der Waals surface area contributed by atoms with Crippen molar-refractivity contribution in [1.82, 2.24) is 0 Å². The van der Waals surface area contributed by atoms with Crippen LogP contribution in [0.1, 0.15) is 22.6 Å². The van der Waals surface area contributed by atoms with Crippen molar-refractivity contribution in [3.05, 3.63) is 0 Å². The summed E-state index contributed by atoms with van der Waals surface area (Å²) in [6.45, 7) is 4.00. The molecule has 0 fully saturated rings. The van der Waals surface area contributed by atoms with E-state index >= 15 is 0 Å². The molecule has 5 heavy (non-hydrogen) atoms. The van der Waals surface area contributed by atoms with Gasteiger partial charge in [0.2, 0.25) is 0 Å². The highest BCUT2D eigenvalue weighted by atomic mass is 19.1. The first-order valence-corrected chi connectivity index (χ1v) is 1.38. The van der Waals surface area contributed by atoms with Crippen molar-refractivity contribution in [1.29, 1.82) is 0 Å². The normalized spacial score (nSPS) is 3.80. The highest BCUT2D eigenvalue weighted by molar-refractivity contribution is 3.50. The molecule has 0 bridgehead atoms. The largest absolute Gasteiger partial charge is 0.255 e. The molecule has 0 unspecified atom stereocenters. The molecule has 0 rings (SSSR count). The minimum Gasteiger partial charge on any atom is -0.255 e. The molecule has 0 heterocycles. The molecule has 0 saturated carbocycles. The zero-order valence-corrected chi connectivity index (χ0v) is 4.38. The van der Waals surface area contributed by atoms with Crippen molar-refractivity contribution >= 4 is 0 Å². The smallest absolute Gasteiger partial charge is 0.0785 e. The SMILES string of the molecule is CC.CF.[2H]C. The molecule has 0 saturated heterocycles. The lowest BCUT2D eigenvalue weighted by atomic mass is 11.0. The van der Waals surface area contributed by atoms with Gasteiger partial charge in [-0.1, -0.05) is 21.3 Å². The van der Waals surface area contributed by atoms with Crippen molar-refractivity contribution < 1.29 is 5.76 Å². The molecule has 0 aromatic carbocycles. The third-order valence-corrected chi connectivity index (χ3v) is 0. The maximum Gasteiger partial charge on any atom is 0.0785 e.